The summed E-state index contributed by atoms with van der Waals surface area (Å²) in [6.07, 6.45) is 6.21. The van der Waals surface area contributed by atoms with Gasteiger partial charge >= 0.3 is 0 Å². The summed E-state index contributed by atoms with van der Waals surface area (Å²) in [4.78, 5) is 4.71. The van der Waals surface area contributed by atoms with Crippen LogP contribution in [0.15, 0.2) is 0 Å². The molecule has 0 radical (unpaired) electrons. The number of hydrogen-bond donors (Lipinski definition) is 1. The Labute approximate surface area is 98.3 Å². The van der Waals surface area contributed by atoms with Crippen molar-refractivity contribution < 1.29 is 0 Å². The van der Waals surface area contributed by atoms with Crippen molar-refractivity contribution in [2.24, 2.45) is 0 Å². The van der Waals surface area contributed by atoms with Gasteiger partial charge in [-0.2, -0.15) is 0 Å². The van der Waals surface area contributed by atoms with Crippen LogP contribution in [0.4, 0.5) is 0 Å². The summed E-state index contributed by atoms with van der Waals surface area (Å²) >= 11 is 0. The molecule has 3 nitrogen and oxygen atoms in total. The molecule has 1 aliphatic carbocycles. The zero-order valence-electron chi connectivity index (χ0n) is 10.7. The summed E-state index contributed by atoms with van der Waals surface area (Å²) in [5.41, 5.74) is 2.85. The van der Waals surface area contributed by atoms with E-state index >= 15 is 0 Å². The minimum atomic E-state index is 0.568. The molecule has 1 aliphatic rings. The molecule has 90 valence electrons. The van der Waals surface area contributed by atoms with E-state index in [1.54, 1.807) is 0 Å². The van der Waals surface area contributed by atoms with Crippen molar-refractivity contribution >= 4 is 0 Å². The van der Waals surface area contributed by atoms with Gasteiger partial charge in [0.2, 0.25) is 0 Å². The lowest BCUT2D eigenvalue weighted by Crippen LogP contribution is -2.30. The summed E-state index contributed by atoms with van der Waals surface area (Å²) in [7, 11) is 2.05. The first-order valence-corrected chi connectivity index (χ1v) is 6.48. The SMILES string of the molecule is CCC(Cn1c(C)nc2c1CCCC2)NC. The molecule has 1 aromatic heterocycles. The molecule has 3 heteroatoms. The van der Waals surface area contributed by atoms with Crippen molar-refractivity contribution in [3.05, 3.63) is 17.2 Å². The van der Waals surface area contributed by atoms with Crippen LogP contribution < -0.4 is 5.32 Å². The lowest BCUT2D eigenvalue weighted by atomic mass is 10.0. The normalized spacial score (nSPS) is 17.2. The molecule has 1 unspecified atom stereocenters. The molecule has 2 rings (SSSR count). The van der Waals surface area contributed by atoms with E-state index in [0.29, 0.717) is 6.04 Å². The number of nitrogens with zero attached hydrogens (tertiary/aromatic N) is 2. The van der Waals surface area contributed by atoms with E-state index in [0.717, 1.165) is 6.54 Å². The van der Waals surface area contributed by atoms with Crippen LogP contribution in [0.5, 0.6) is 0 Å². The third-order valence-electron chi connectivity index (χ3n) is 3.73. The molecule has 16 heavy (non-hydrogen) atoms. The first-order valence-electron chi connectivity index (χ1n) is 6.48. The average Bonchev–Trinajstić information content (AvgIpc) is 2.62. The minimum absolute atomic E-state index is 0.568. The van der Waals surface area contributed by atoms with Crippen LogP contribution in [0.1, 0.15) is 43.4 Å². The first kappa shape index (κ1) is 11.6. The third-order valence-corrected chi connectivity index (χ3v) is 3.73. The Hall–Kier alpha value is -0.830. The Morgan fingerprint density at radius 2 is 2.12 bits per heavy atom. The topological polar surface area (TPSA) is 29.9 Å². The highest BCUT2D eigenvalue weighted by Gasteiger charge is 2.19. The Morgan fingerprint density at radius 3 is 2.81 bits per heavy atom. The van der Waals surface area contributed by atoms with Crippen LogP contribution in [0.2, 0.25) is 0 Å². The summed E-state index contributed by atoms with van der Waals surface area (Å²) in [6, 6.07) is 0.568. The summed E-state index contributed by atoms with van der Waals surface area (Å²) in [5, 5.41) is 3.38. The van der Waals surface area contributed by atoms with Crippen LogP contribution in [-0.2, 0) is 19.4 Å². The molecule has 0 spiro atoms. The Morgan fingerprint density at radius 1 is 1.38 bits per heavy atom. The van der Waals surface area contributed by atoms with Crippen LogP contribution >= 0.6 is 0 Å². The number of rotatable bonds is 4. The molecule has 1 N–H and O–H groups in total. The van der Waals surface area contributed by atoms with Gasteiger partial charge in [-0.3, -0.25) is 0 Å². The minimum Gasteiger partial charge on any atom is -0.330 e. The van der Waals surface area contributed by atoms with E-state index in [2.05, 4.69) is 23.7 Å². The molecule has 1 atom stereocenters. The maximum atomic E-state index is 4.71. The van der Waals surface area contributed by atoms with Crippen LogP contribution in [-0.4, -0.2) is 22.6 Å². The quantitative estimate of drug-likeness (QED) is 0.843. The maximum Gasteiger partial charge on any atom is 0.106 e. The van der Waals surface area contributed by atoms with Crippen molar-refractivity contribution in [3.8, 4) is 0 Å². The second-order valence-electron chi connectivity index (χ2n) is 4.76. The summed E-state index contributed by atoms with van der Waals surface area (Å²) in [5.74, 6) is 1.20. The number of likely N-dealkylation sites (N-methyl/N-ethyl adjacent to an activating group) is 1. The van der Waals surface area contributed by atoms with Gasteiger partial charge in [0, 0.05) is 18.3 Å². The van der Waals surface area contributed by atoms with Crippen LogP contribution in [0, 0.1) is 6.92 Å². The number of hydrogen-bond acceptors (Lipinski definition) is 2. The molecule has 0 amide bonds. The maximum absolute atomic E-state index is 4.71. The van der Waals surface area contributed by atoms with Gasteiger partial charge in [0.05, 0.1) is 5.69 Å². The predicted molar refractivity (Wildman–Crippen MR) is 66.7 cm³/mol. The van der Waals surface area contributed by atoms with Gasteiger partial charge in [-0.15, -0.1) is 0 Å². The van der Waals surface area contributed by atoms with Gasteiger partial charge in [-0.25, -0.2) is 4.98 Å². The lowest BCUT2D eigenvalue weighted by Gasteiger charge is -2.19. The van der Waals surface area contributed by atoms with Gasteiger partial charge in [-0.1, -0.05) is 6.92 Å². The third kappa shape index (κ3) is 2.14. The van der Waals surface area contributed by atoms with E-state index in [1.165, 1.54) is 49.3 Å². The zero-order chi connectivity index (χ0) is 11.5. The molecule has 1 heterocycles. The molecule has 1 aromatic rings. The lowest BCUT2D eigenvalue weighted by molar-refractivity contribution is 0.451. The first-order chi connectivity index (χ1) is 7.76. The van der Waals surface area contributed by atoms with Crippen molar-refractivity contribution in [1.29, 1.82) is 0 Å². The van der Waals surface area contributed by atoms with Crippen LogP contribution in [0.25, 0.3) is 0 Å². The predicted octanol–water partition coefficient (Wildman–Crippen LogP) is 2.07. The molecule has 0 bridgehead atoms. The van der Waals surface area contributed by atoms with Gasteiger partial charge in [0.25, 0.3) is 0 Å². The number of imidazole rings is 1. The largest absolute Gasteiger partial charge is 0.330 e. The van der Waals surface area contributed by atoms with E-state index in [4.69, 9.17) is 4.98 Å². The molecular formula is C13H23N3. The molecular weight excluding hydrogens is 198 g/mol. The van der Waals surface area contributed by atoms with E-state index in [1.807, 2.05) is 7.05 Å². The molecule has 0 aliphatic heterocycles. The van der Waals surface area contributed by atoms with E-state index in [9.17, 15) is 0 Å². The standard InChI is InChI=1S/C13H23N3/c1-4-11(14-3)9-16-10(2)15-12-7-5-6-8-13(12)16/h11,14H,4-9H2,1-3H3. The number of fused-ring (bicyclic) bond motifs is 1. The van der Waals surface area contributed by atoms with Crippen LogP contribution in [0.3, 0.4) is 0 Å². The highest BCUT2D eigenvalue weighted by molar-refractivity contribution is 5.20. The van der Waals surface area contributed by atoms with E-state index in [-0.39, 0.29) is 0 Å². The second kappa shape index (κ2) is 5.00. The number of nitrogens with one attached hydrogen (secondary N) is 1. The number of aryl methyl sites for hydroxylation is 2. The van der Waals surface area contributed by atoms with Gasteiger partial charge in [-0.05, 0) is 46.1 Å². The van der Waals surface area contributed by atoms with Crippen molar-refractivity contribution in [2.75, 3.05) is 7.05 Å². The van der Waals surface area contributed by atoms with Gasteiger partial charge in [0.15, 0.2) is 0 Å². The summed E-state index contributed by atoms with van der Waals surface area (Å²) < 4.78 is 2.43. The second-order valence-corrected chi connectivity index (χ2v) is 4.76. The van der Waals surface area contributed by atoms with Crippen molar-refractivity contribution in [2.45, 2.75) is 58.5 Å². The monoisotopic (exact) mass is 221 g/mol. The fourth-order valence-electron chi connectivity index (χ4n) is 2.62. The molecule has 0 saturated heterocycles. The van der Waals surface area contributed by atoms with Gasteiger partial charge in [0.1, 0.15) is 5.82 Å². The fourth-order valence-corrected chi connectivity index (χ4v) is 2.62. The Kier molecular flexibility index (Phi) is 3.64. The van der Waals surface area contributed by atoms with Crippen molar-refractivity contribution in [1.82, 2.24) is 14.9 Å². The Bertz CT molecular complexity index is 350. The Balaban J connectivity index is 2.22. The molecule has 0 saturated carbocycles. The molecule has 0 aromatic carbocycles. The summed E-state index contributed by atoms with van der Waals surface area (Å²) in [6.45, 7) is 5.45. The zero-order valence-corrected chi connectivity index (χ0v) is 10.7. The number of aromatic nitrogens is 2. The highest BCUT2D eigenvalue weighted by Crippen LogP contribution is 2.22. The molecule has 0 fully saturated rings. The highest BCUT2D eigenvalue weighted by atomic mass is 15.1. The van der Waals surface area contributed by atoms with Crippen molar-refractivity contribution in [3.63, 3.8) is 0 Å². The van der Waals surface area contributed by atoms with E-state index < -0.39 is 0 Å². The van der Waals surface area contributed by atoms with Gasteiger partial charge < -0.3 is 9.88 Å². The average molecular weight is 221 g/mol. The fraction of sp³-hybridized carbons (Fsp3) is 0.769. The smallest absolute Gasteiger partial charge is 0.106 e.